The van der Waals surface area contributed by atoms with Crippen molar-refractivity contribution in [3.05, 3.63) is 12.2 Å². The number of hydrogen-bond donors (Lipinski definition) is 1. The molecule has 0 aromatic heterocycles. The van der Waals surface area contributed by atoms with Gasteiger partial charge in [0.2, 0.25) is 0 Å². The van der Waals surface area contributed by atoms with E-state index in [0.29, 0.717) is 6.54 Å². The van der Waals surface area contributed by atoms with Gasteiger partial charge in [-0.25, -0.2) is 4.79 Å². The zero-order chi connectivity index (χ0) is 9.30. The van der Waals surface area contributed by atoms with Crippen molar-refractivity contribution in [2.45, 2.75) is 32.9 Å². The molecule has 1 atom stereocenters. The van der Waals surface area contributed by atoms with Gasteiger partial charge in [-0.1, -0.05) is 12.2 Å². The van der Waals surface area contributed by atoms with Gasteiger partial charge in [0.1, 0.15) is 0 Å². The maximum absolute atomic E-state index is 11.3. The van der Waals surface area contributed by atoms with Gasteiger partial charge < -0.3 is 10.2 Å². The molecule has 0 spiro atoms. The number of nitrogens with zero attached hydrogens (tertiary/aromatic N) is 1. The minimum absolute atomic E-state index is 0.0259. The van der Waals surface area contributed by atoms with Crippen LogP contribution in [0.5, 0.6) is 0 Å². The number of amides is 2. The van der Waals surface area contributed by atoms with E-state index in [1.54, 1.807) is 0 Å². The Bertz CT molecular complexity index is 211. The van der Waals surface area contributed by atoms with E-state index in [-0.39, 0.29) is 18.1 Å². The lowest BCUT2D eigenvalue weighted by Gasteiger charge is -2.26. The third-order valence-corrected chi connectivity index (χ3v) is 2.14. The lowest BCUT2D eigenvalue weighted by Crippen LogP contribution is -2.40. The summed E-state index contributed by atoms with van der Waals surface area (Å²) < 4.78 is 0. The SMILES string of the molecule is C=C(C)[C@@H]1CNC(=O)N1C(C)C. The first-order valence-electron chi connectivity index (χ1n) is 4.25. The Kier molecular flexibility index (Phi) is 2.40. The first kappa shape index (κ1) is 9.10. The van der Waals surface area contributed by atoms with Crippen molar-refractivity contribution in [2.24, 2.45) is 0 Å². The molecule has 68 valence electrons. The summed E-state index contributed by atoms with van der Waals surface area (Å²) >= 11 is 0. The van der Waals surface area contributed by atoms with Crippen molar-refractivity contribution in [1.82, 2.24) is 10.2 Å². The third kappa shape index (κ3) is 1.44. The zero-order valence-electron chi connectivity index (χ0n) is 7.92. The van der Waals surface area contributed by atoms with Gasteiger partial charge in [-0.3, -0.25) is 0 Å². The summed E-state index contributed by atoms with van der Waals surface area (Å²) in [7, 11) is 0. The monoisotopic (exact) mass is 168 g/mol. The first-order chi connectivity index (χ1) is 5.54. The Morgan fingerprint density at radius 3 is 2.67 bits per heavy atom. The van der Waals surface area contributed by atoms with Crippen LogP contribution in [0.4, 0.5) is 4.79 Å². The van der Waals surface area contributed by atoms with Crippen molar-refractivity contribution < 1.29 is 4.79 Å². The number of rotatable bonds is 2. The van der Waals surface area contributed by atoms with E-state index in [1.165, 1.54) is 0 Å². The molecule has 0 saturated carbocycles. The second-order valence-electron chi connectivity index (χ2n) is 3.55. The van der Waals surface area contributed by atoms with Crippen LogP contribution in [0.2, 0.25) is 0 Å². The van der Waals surface area contributed by atoms with E-state index in [9.17, 15) is 4.79 Å². The highest BCUT2D eigenvalue weighted by atomic mass is 16.2. The van der Waals surface area contributed by atoms with E-state index >= 15 is 0 Å². The van der Waals surface area contributed by atoms with Crippen LogP contribution in [0, 0.1) is 0 Å². The van der Waals surface area contributed by atoms with Crippen LogP contribution in [0.25, 0.3) is 0 Å². The highest BCUT2D eigenvalue weighted by Gasteiger charge is 2.32. The molecule has 1 saturated heterocycles. The maximum atomic E-state index is 11.3. The molecular weight excluding hydrogens is 152 g/mol. The number of nitrogens with one attached hydrogen (secondary N) is 1. The summed E-state index contributed by atoms with van der Waals surface area (Å²) in [6.07, 6.45) is 0. The van der Waals surface area contributed by atoms with Crippen molar-refractivity contribution in [3.8, 4) is 0 Å². The molecule has 12 heavy (non-hydrogen) atoms. The Labute approximate surface area is 73.4 Å². The Hall–Kier alpha value is -0.990. The fourth-order valence-corrected chi connectivity index (χ4v) is 1.52. The Morgan fingerprint density at radius 1 is 1.75 bits per heavy atom. The minimum Gasteiger partial charge on any atom is -0.336 e. The van der Waals surface area contributed by atoms with Gasteiger partial charge in [0.15, 0.2) is 0 Å². The van der Waals surface area contributed by atoms with E-state index in [1.807, 2.05) is 25.7 Å². The molecule has 2 amide bonds. The topological polar surface area (TPSA) is 32.3 Å². The molecule has 1 rings (SSSR count). The fourth-order valence-electron chi connectivity index (χ4n) is 1.52. The van der Waals surface area contributed by atoms with Gasteiger partial charge in [0, 0.05) is 12.6 Å². The molecule has 0 aromatic rings. The molecule has 1 heterocycles. The standard InChI is InChI=1S/C9H16N2O/c1-6(2)8-5-10-9(12)11(8)7(3)4/h7-8H,1,5H2,2-4H3,(H,10,12)/t8-/m0/s1. The molecule has 3 heteroatoms. The van der Waals surface area contributed by atoms with Crippen molar-refractivity contribution >= 4 is 6.03 Å². The molecule has 1 fully saturated rings. The Balaban J connectivity index is 2.77. The van der Waals surface area contributed by atoms with Crippen molar-refractivity contribution in [1.29, 1.82) is 0 Å². The maximum Gasteiger partial charge on any atom is 0.318 e. The van der Waals surface area contributed by atoms with Crippen LogP contribution in [-0.4, -0.2) is 29.6 Å². The quantitative estimate of drug-likeness (QED) is 0.620. The molecule has 0 aliphatic carbocycles. The van der Waals surface area contributed by atoms with Crippen LogP contribution >= 0.6 is 0 Å². The summed E-state index contributed by atoms with van der Waals surface area (Å²) in [5.41, 5.74) is 1.04. The highest BCUT2D eigenvalue weighted by Crippen LogP contribution is 2.16. The molecule has 1 aliphatic rings. The first-order valence-corrected chi connectivity index (χ1v) is 4.25. The summed E-state index contributed by atoms with van der Waals surface area (Å²) in [6, 6.07) is 0.449. The lowest BCUT2D eigenvalue weighted by molar-refractivity contribution is 0.194. The second kappa shape index (κ2) is 3.17. The summed E-state index contributed by atoms with van der Waals surface area (Å²) in [4.78, 5) is 13.1. The van der Waals surface area contributed by atoms with Gasteiger partial charge in [-0.15, -0.1) is 0 Å². The number of hydrogen-bond acceptors (Lipinski definition) is 1. The summed E-state index contributed by atoms with van der Waals surface area (Å²) in [5.74, 6) is 0. The van der Waals surface area contributed by atoms with Crippen LogP contribution in [-0.2, 0) is 0 Å². The molecule has 0 aromatic carbocycles. The normalized spacial score (nSPS) is 23.2. The molecule has 0 bridgehead atoms. The van der Waals surface area contributed by atoms with Gasteiger partial charge in [0.25, 0.3) is 0 Å². The second-order valence-corrected chi connectivity index (χ2v) is 3.55. The number of urea groups is 1. The summed E-state index contributed by atoms with van der Waals surface area (Å²) in [5, 5.41) is 2.81. The predicted molar refractivity (Wildman–Crippen MR) is 49.0 cm³/mol. The van der Waals surface area contributed by atoms with Gasteiger partial charge in [-0.05, 0) is 20.8 Å². The van der Waals surface area contributed by atoms with E-state index in [4.69, 9.17) is 0 Å². The molecular formula is C9H16N2O. The smallest absolute Gasteiger partial charge is 0.318 e. The van der Waals surface area contributed by atoms with Crippen molar-refractivity contribution in [2.75, 3.05) is 6.54 Å². The Morgan fingerprint density at radius 2 is 2.33 bits per heavy atom. The number of carbonyl (C=O) groups is 1. The van der Waals surface area contributed by atoms with Gasteiger partial charge >= 0.3 is 6.03 Å². The lowest BCUT2D eigenvalue weighted by atomic mass is 10.1. The molecule has 3 nitrogen and oxygen atoms in total. The minimum atomic E-state index is 0.0259. The van der Waals surface area contributed by atoms with Crippen LogP contribution < -0.4 is 5.32 Å². The van der Waals surface area contributed by atoms with E-state index < -0.39 is 0 Å². The third-order valence-electron chi connectivity index (χ3n) is 2.14. The zero-order valence-corrected chi connectivity index (χ0v) is 7.92. The van der Waals surface area contributed by atoms with E-state index in [2.05, 4.69) is 11.9 Å². The molecule has 0 radical (unpaired) electrons. The van der Waals surface area contributed by atoms with Crippen molar-refractivity contribution in [3.63, 3.8) is 0 Å². The highest BCUT2D eigenvalue weighted by molar-refractivity contribution is 5.77. The molecule has 0 unspecified atom stereocenters. The number of carbonyl (C=O) groups excluding carboxylic acids is 1. The largest absolute Gasteiger partial charge is 0.336 e. The summed E-state index contributed by atoms with van der Waals surface area (Å²) in [6.45, 7) is 10.6. The molecule has 1 N–H and O–H groups in total. The van der Waals surface area contributed by atoms with Gasteiger partial charge in [0.05, 0.1) is 6.04 Å². The van der Waals surface area contributed by atoms with Crippen LogP contribution in [0.1, 0.15) is 20.8 Å². The average Bonchev–Trinajstić information content (AvgIpc) is 2.30. The van der Waals surface area contributed by atoms with Crippen LogP contribution in [0.15, 0.2) is 12.2 Å². The molecule has 1 aliphatic heterocycles. The average molecular weight is 168 g/mol. The van der Waals surface area contributed by atoms with Crippen LogP contribution in [0.3, 0.4) is 0 Å². The predicted octanol–water partition coefficient (Wildman–Crippen LogP) is 1.36. The van der Waals surface area contributed by atoms with E-state index in [0.717, 1.165) is 5.57 Å². The fraction of sp³-hybridized carbons (Fsp3) is 0.667. The van der Waals surface area contributed by atoms with Gasteiger partial charge in [-0.2, -0.15) is 0 Å².